The third-order valence-electron chi connectivity index (χ3n) is 7.86. The van der Waals surface area contributed by atoms with Crippen molar-refractivity contribution in [2.24, 2.45) is 5.92 Å². The third-order valence-corrected chi connectivity index (χ3v) is 7.86. The van der Waals surface area contributed by atoms with Gasteiger partial charge in [-0.25, -0.2) is 0 Å². The van der Waals surface area contributed by atoms with Crippen molar-refractivity contribution in [2.75, 3.05) is 60.7 Å². The molecule has 0 unspecified atom stereocenters. The smallest absolute Gasteiger partial charge is 0.242 e. The second-order valence-corrected chi connectivity index (χ2v) is 10.1. The van der Waals surface area contributed by atoms with Crippen LogP contribution in [-0.2, 0) is 20.7 Å². The SMILES string of the molecule is COCCCN(C[C@@H]1CCCN2CCCC[C@H]12)C(=O)CN1C=Cc2cc(OC)c(OC)cc2CC1=O. The minimum Gasteiger partial charge on any atom is -0.493 e. The predicted molar refractivity (Wildman–Crippen MR) is 139 cm³/mol. The van der Waals surface area contributed by atoms with Crippen LogP contribution < -0.4 is 9.47 Å². The molecule has 2 atom stereocenters. The van der Waals surface area contributed by atoms with Crippen molar-refractivity contribution in [1.82, 2.24) is 14.7 Å². The highest BCUT2D eigenvalue weighted by molar-refractivity contribution is 5.89. The van der Waals surface area contributed by atoms with Gasteiger partial charge in [0.15, 0.2) is 11.5 Å². The molecule has 198 valence electrons. The lowest BCUT2D eigenvalue weighted by Gasteiger charge is -2.45. The Kier molecular flexibility index (Phi) is 9.26. The number of hydrogen-bond acceptors (Lipinski definition) is 6. The Labute approximate surface area is 215 Å². The number of nitrogens with zero attached hydrogens (tertiary/aromatic N) is 3. The van der Waals surface area contributed by atoms with E-state index in [-0.39, 0.29) is 24.8 Å². The summed E-state index contributed by atoms with van der Waals surface area (Å²) in [5.74, 6) is 1.60. The molecule has 2 fully saturated rings. The first kappa shape index (κ1) is 26.5. The van der Waals surface area contributed by atoms with E-state index in [4.69, 9.17) is 14.2 Å². The van der Waals surface area contributed by atoms with Crippen LogP contribution in [0.4, 0.5) is 0 Å². The highest BCUT2D eigenvalue weighted by Gasteiger charge is 2.35. The van der Waals surface area contributed by atoms with E-state index in [1.165, 1.54) is 38.8 Å². The highest BCUT2D eigenvalue weighted by Crippen LogP contribution is 2.33. The number of ether oxygens (including phenoxy) is 3. The Hall–Kier alpha value is -2.58. The van der Waals surface area contributed by atoms with Gasteiger partial charge in [-0.1, -0.05) is 6.42 Å². The lowest BCUT2D eigenvalue weighted by molar-refractivity contribution is -0.139. The van der Waals surface area contributed by atoms with Crippen LogP contribution in [0.2, 0.25) is 0 Å². The Morgan fingerprint density at radius 1 is 1.06 bits per heavy atom. The fourth-order valence-corrected chi connectivity index (χ4v) is 5.94. The second kappa shape index (κ2) is 12.6. The first-order chi connectivity index (χ1) is 17.5. The van der Waals surface area contributed by atoms with Crippen LogP contribution in [0.5, 0.6) is 11.5 Å². The maximum absolute atomic E-state index is 13.6. The van der Waals surface area contributed by atoms with Crippen molar-refractivity contribution in [2.45, 2.75) is 51.0 Å². The maximum Gasteiger partial charge on any atom is 0.242 e. The van der Waals surface area contributed by atoms with E-state index in [1.54, 1.807) is 32.4 Å². The Balaban J connectivity index is 1.46. The Morgan fingerprint density at radius 3 is 2.61 bits per heavy atom. The molecule has 0 aliphatic carbocycles. The molecule has 0 aromatic heterocycles. The number of benzene rings is 1. The molecule has 0 saturated carbocycles. The number of methoxy groups -OCH3 is 3. The van der Waals surface area contributed by atoms with Crippen molar-refractivity contribution >= 4 is 17.9 Å². The van der Waals surface area contributed by atoms with Gasteiger partial charge in [-0.05, 0) is 80.4 Å². The van der Waals surface area contributed by atoms with Gasteiger partial charge >= 0.3 is 0 Å². The number of fused-ring (bicyclic) bond motifs is 2. The van der Waals surface area contributed by atoms with E-state index >= 15 is 0 Å². The average Bonchev–Trinajstić information content (AvgIpc) is 3.05. The van der Waals surface area contributed by atoms with Crippen molar-refractivity contribution < 1.29 is 23.8 Å². The van der Waals surface area contributed by atoms with Gasteiger partial charge in [-0.2, -0.15) is 0 Å². The molecule has 2 saturated heterocycles. The van der Waals surface area contributed by atoms with Gasteiger partial charge in [0, 0.05) is 39.0 Å². The standard InChI is InChI=1S/C28H41N3O5/c1-34-15-7-13-30(19-22-8-6-12-29-11-5-4-9-24(22)29)28(33)20-31-14-10-21-16-25(35-2)26(36-3)17-23(21)18-27(31)32/h10,14,16-17,22,24H,4-9,11-13,15,18-20H2,1-3H3/t22-,24+/m0/s1. The van der Waals surface area contributed by atoms with Crippen molar-refractivity contribution in [1.29, 1.82) is 0 Å². The van der Waals surface area contributed by atoms with E-state index in [9.17, 15) is 9.59 Å². The minimum atomic E-state index is -0.0986. The molecule has 2 amide bonds. The number of carbonyl (C=O) groups is 2. The molecule has 8 heteroatoms. The molecule has 3 aliphatic heterocycles. The monoisotopic (exact) mass is 499 g/mol. The van der Waals surface area contributed by atoms with Crippen LogP contribution >= 0.6 is 0 Å². The number of amides is 2. The molecular weight excluding hydrogens is 458 g/mol. The summed E-state index contributed by atoms with van der Waals surface area (Å²) in [6, 6.07) is 4.29. The number of carbonyl (C=O) groups excluding carboxylic acids is 2. The van der Waals surface area contributed by atoms with Gasteiger partial charge in [0.05, 0.1) is 20.6 Å². The zero-order valence-electron chi connectivity index (χ0n) is 22.0. The number of hydrogen-bond donors (Lipinski definition) is 0. The molecule has 0 radical (unpaired) electrons. The summed E-state index contributed by atoms with van der Waals surface area (Å²) < 4.78 is 16.1. The summed E-state index contributed by atoms with van der Waals surface area (Å²) >= 11 is 0. The Bertz CT molecular complexity index is 947. The predicted octanol–water partition coefficient (Wildman–Crippen LogP) is 3.19. The quantitative estimate of drug-likeness (QED) is 0.461. The molecular formula is C28H41N3O5. The molecule has 8 nitrogen and oxygen atoms in total. The lowest BCUT2D eigenvalue weighted by atomic mass is 9.83. The largest absolute Gasteiger partial charge is 0.493 e. The maximum atomic E-state index is 13.6. The molecule has 3 aliphatic rings. The molecule has 4 rings (SSSR count). The summed E-state index contributed by atoms with van der Waals surface area (Å²) in [6.07, 6.45) is 10.7. The van der Waals surface area contributed by atoms with Crippen molar-refractivity contribution in [3.63, 3.8) is 0 Å². The normalized spacial score (nSPS) is 22.0. The molecule has 1 aromatic rings. The number of rotatable bonds is 10. The third kappa shape index (κ3) is 6.21. The first-order valence-electron chi connectivity index (χ1n) is 13.3. The lowest BCUT2D eigenvalue weighted by Crippen LogP contribution is -2.52. The summed E-state index contributed by atoms with van der Waals surface area (Å²) in [7, 11) is 4.87. The zero-order valence-corrected chi connectivity index (χ0v) is 22.0. The molecule has 36 heavy (non-hydrogen) atoms. The fourth-order valence-electron chi connectivity index (χ4n) is 5.94. The number of piperidine rings is 2. The van der Waals surface area contributed by atoms with E-state index in [2.05, 4.69) is 4.90 Å². The van der Waals surface area contributed by atoms with Gasteiger partial charge in [0.2, 0.25) is 11.8 Å². The van der Waals surface area contributed by atoms with Crippen LogP contribution in [0.1, 0.15) is 49.7 Å². The zero-order chi connectivity index (χ0) is 25.5. The van der Waals surface area contributed by atoms with Gasteiger partial charge < -0.3 is 28.9 Å². The highest BCUT2D eigenvalue weighted by atomic mass is 16.5. The van der Waals surface area contributed by atoms with Crippen LogP contribution in [-0.4, -0.2) is 93.2 Å². The fraction of sp³-hybridized carbons (Fsp3) is 0.643. The van der Waals surface area contributed by atoms with Gasteiger partial charge in [-0.3, -0.25) is 9.59 Å². The van der Waals surface area contributed by atoms with Gasteiger partial charge in [0.25, 0.3) is 0 Å². The minimum absolute atomic E-state index is 0.00171. The summed E-state index contributed by atoms with van der Waals surface area (Å²) in [6.45, 7) is 4.43. The van der Waals surface area contributed by atoms with Gasteiger partial charge in [-0.15, -0.1) is 0 Å². The van der Waals surface area contributed by atoms with Gasteiger partial charge in [0.1, 0.15) is 6.54 Å². The van der Waals surface area contributed by atoms with Crippen LogP contribution in [0.15, 0.2) is 18.3 Å². The summed E-state index contributed by atoms with van der Waals surface area (Å²) in [5, 5.41) is 0. The summed E-state index contributed by atoms with van der Waals surface area (Å²) in [5.41, 5.74) is 1.76. The molecule has 0 bridgehead atoms. The van der Waals surface area contributed by atoms with E-state index < -0.39 is 0 Å². The van der Waals surface area contributed by atoms with Crippen LogP contribution in [0.3, 0.4) is 0 Å². The van der Waals surface area contributed by atoms with E-state index in [1.807, 2.05) is 23.1 Å². The Morgan fingerprint density at radius 2 is 1.83 bits per heavy atom. The first-order valence-corrected chi connectivity index (χ1v) is 13.3. The molecule has 3 heterocycles. The average molecular weight is 500 g/mol. The van der Waals surface area contributed by atoms with Crippen LogP contribution in [0.25, 0.3) is 6.08 Å². The topological polar surface area (TPSA) is 71.6 Å². The molecule has 0 spiro atoms. The summed E-state index contributed by atoms with van der Waals surface area (Å²) in [4.78, 5) is 32.9. The second-order valence-electron chi connectivity index (χ2n) is 10.1. The van der Waals surface area contributed by atoms with E-state index in [0.29, 0.717) is 36.6 Å². The van der Waals surface area contributed by atoms with E-state index in [0.717, 1.165) is 30.5 Å². The molecule has 0 N–H and O–H groups in total. The molecule has 1 aromatic carbocycles. The van der Waals surface area contributed by atoms with Crippen molar-refractivity contribution in [3.05, 3.63) is 29.5 Å². The van der Waals surface area contributed by atoms with Crippen molar-refractivity contribution in [3.8, 4) is 11.5 Å². The van der Waals surface area contributed by atoms with Crippen LogP contribution in [0, 0.1) is 5.92 Å².